The van der Waals surface area contributed by atoms with E-state index in [1.54, 1.807) is 0 Å². The molecule has 1 rings (SSSR count). The average molecular weight is 256 g/mol. The zero-order valence-corrected chi connectivity index (χ0v) is 12.1. The van der Waals surface area contributed by atoms with Crippen LogP contribution >= 0.6 is 0 Å². The molecule has 1 saturated carbocycles. The first kappa shape index (κ1) is 15.4. The number of ether oxygens (including phenoxy) is 1. The Bertz CT molecular complexity index is 236. The number of hydrogen-bond donors (Lipinski definition) is 1. The number of carbonyl (C=O) groups is 1. The highest BCUT2D eigenvalue weighted by Gasteiger charge is 2.26. The molecule has 1 N–H and O–H groups in total. The molecule has 0 bridgehead atoms. The van der Waals surface area contributed by atoms with Gasteiger partial charge in [-0.3, -0.25) is 4.79 Å². The van der Waals surface area contributed by atoms with Gasteiger partial charge in [-0.15, -0.1) is 0 Å². The van der Waals surface area contributed by atoms with Crippen LogP contribution in [0.3, 0.4) is 0 Å². The van der Waals surface area contributed by atoms with Crippen molar-refractivity contribution in [1.82, 2.24) is 10.2 Å². The molecular formula is C14H28N2O2. The summed E-state index contributed by atoms with van der Waals surface area (Å²) in [5.41, 5.74) is 0. The number of rotatable bonds is 7. The van der Waals surface area contributed by atoms with E-state index in [4.69, 9.17) is 4.74 Å². The van der Waals surface area contributed by atoms with Crippen molar-refractivity contribution >= 4 is 5.97 Å². The van der Waals surface area contributed by atoms with Crippen molar-refractivity contribution in [3.05, 3.63) is 0 Å². The summed E-state index contributed by atoms with van der Waals surface area (Å²) >= 11 is 0. The molecule has 1 fully saturated rings. The normalized spacial score (nSPS) is 24.2. The first-order chi connectivity index (χ1) is 8.63. The third-order valence-electron chi connectivity index (χ3n) is 3.56. The summed E-state index contributed by atoms with van der Waals surface area (Å²) in [5.74, 6) is 0.147. The van der Waals surface area contributed by atoms with Crippen LogP contribution in [0, 0.1) is 5.92 Å². The van der Waals surface area contributed by atoms with E-state index >= 15 is 0 Å². The molecule has 0 saturated heterocycles. The van der Waals surface area contributed by atoms with E-state index in [-0.39, 0.29) is 11.9 Å². The molecule has 18 heavy (non-hydrogen) atoms. The van der Waals surface area contributed by atoms with Gasteiger partial charge in [-0.2, -0.15) is 0 Å². The van der Waals surface area contributed by atoms with E-state index in [9.17, 15) is 4.79 Å². The van der Waals surface area contributed by atoms with Gasteiger partial charge in [-0.1, -0.05) is 0 Å². The molecule has 0 aromatic carbocycles. The minimum absolute atomic E-state index is 0.00329. The minimum Gasteiger partial charge on any atom is -0.466 e. The highest BCUT2D eigenvalue weighted by atomic mass is 16.5. The van der Waals surface area contributed by atoms with Gasteiger partial charge in [0.25, 0.3) is 0 Å². The Balaban J connectivity index is 2.10. The fraction of sp³-hybridized carbons (Fsp3) is 0.929. The van der Waals surface area contributed by atoms with Gasteiger partial charge in [0.15, 0.2) is 0 Å². The van der Waals surface area contributed by atoms with Crippen molar-refractivity contribution in [2.45, 2.75) is 45.1 Å². The summed E-state index contributed by atoms with van der Waals surface area (Å²) in [6.07, 6.45) is 5.34. The molecule has 4 nitrogen and oxygen atoms in total. The van der Waals surface area contributed by atoms with Crippen molar-refractivity contribution in [2.75, 3.05) is 33.8 Å². The van der Waals surface area contributed by atoms with E-state index < -0.39 is 0 Å². The van der Waals surface area contributed by atoms with Gasteiger partial charge < -0.3 is 15.0 Å². The van der Waals surface area contributed by atoms with E-state index in [0.717, 1.165) is 38.8 Å². The van der Waals surface area contributed by atoms with Gasteiger partial charge in [-0.05, 0) is 66.2 Å². The Labute approximate surface area is 111 Å². The van der Waals surface area contributed by atoms with Gasteiger partial charge in [0.05, 0.1) is 12.5 Å². The van der Waals surface area contributed by atoms with Crippen molar-refractivity contribution in [3.8, 4) is 0 Å². The molecule has 4 heteroatoms. The van der Waals surface area contributed by atoms with Crippen LogP contribution in [0.4, 0.5) is 0 Å². The Morgan fingerprint density at radius 1 is 1.28 bits per heavy atom. The summed E-state index contributed by atoms with van der Waals surface area (Å²) in [6, 6.07) is 0.595. The molecule has 0 amide bonds. The molecule has 1 aliphatic carbocycles. The zero-order valence-electron chi connectivity index (χ0n) is 12.1. The number of hydrogen-bond acceptors (Lipinski definition) is 4. The standard InChI is InChI=1S/C14H28N2O2/c1-4-18-14(17)12-6-8-13(9-7-12)15-10-5-11-16(2)3/h12-13,15H,4-11H2,1-3H3. The van der Waals surface area contributed by atoms with E-state index in [0.29, 0.717) is 12.6 Å². The number of nitrogens with zero attached hydrogens (tertiary/aromatic N) is 1. The predicted octanol–water partition coefficient (Wildman–Crippen LogP) is 1.65. The fourth-order valence-corrected chi connectivity index (χ4v) is 2.49. The molecule has 1 aliphatic rings. The number of carbonyl (C=O) groups excluding carboxylic acids is 1. The fourth-order valence-electron chi connectivity index (χ4n) is 2.49. The van der Waals surface area contributed by atoms with Gasteiger partial charge in [0.1, 0.15) is 0 Å². The van der Waals surface area contributed by atoms with Crippen molar-refractivity contribution in [1.29, 1.82) is 0 Å². The molecule has 0 aliphatic heterocycles. The van der Waals surface area contributed by atoms with Crippen LogP contribution in [0.15, 0.2) is 0 Å². The maximum atomic E-state index is 11.6. The molecule has 0 atom stereocenters. The highest BCUT2D eigenvalue weighted by Crippen LogP contribution is 2.25. The molecule has 0 aromatic rings. The Morgan fingerprint density at radius 3 is 2.50 bits per heavy atom. The van der Waals surface area contributed by atoms with Crippen LogP contribution in [-0.2, 0) is 9.53 Å². The predicted molar refractivity (Wildman–Crippen MR) is 73.6 cm³/mol. The molecule has 0 aromatic heterocycles. The molecule has 106 valence electrons. The zero-order chi connectivity index (χ0) is 13.4. The quantitative estimate of drug-likeness (QED) is 0.555. The third kappa shape index (κ3) is 5.83. The van der Waals surface area contributed by atoms with Crippen molar-refractivity contribution in [2.24, 2.45) is 5.92 Å². The van der Waals surface area contributed by atoms with Crippen LogP contribution in [0.5, 0.6) is 0 Å². The van der Waals surface area contributed by atoms with Crippen LogP contribution < -0.4 is 5.32 Å². The lowest BCUT2D eigenvalue weighted by Crippen LogP contribution is -2.36. The summed E-state index contributed by atoms with van der Waals surface area (Å²) in [4.78, 5) is 13.8. The van der Waals surface area contributed by atoms with E-state index in [1.165, 1.54) is 6.42 Å². The maximum Gasteiger partial charge on any atom is 0.308 e. The second kappa shape index (κ2) is 8.48. The largest absolute Gasteiger partial charge is 0.466 e. The Hall–Kier alpha value is -0.610. The van der Waals surface area contributed by atoms with E-state index in [1.807, 2.05) is 6.92 Å². The molecule has 0 unspecified atom stereocenters. The number of esters is 1. The first-order valence-electron chi connectivity index (χ1n) is 7.18. The minimum atomic E-state index is 0.00329. The van der Waals surface area contributed by atoms with Gasteiger partial charge >= 0.3 is 5.97 Å². The first-order valence-corrected chi connectivity index (χ1v) is 7.18. The summed E-state index contributed by atoms with van der Waals surface area (Å²) in [5, 5.41) is 3.59. The molecule has 0 spiro atoms. The molecular weight excluding hydrogens is 228 g/mol. The lowest BCUT2D eigenvalue weighted by atomic mass is 9.86. The lowest BCUT2D eigenvalue weighted by Gasteiger charge is -2.28. The molecule has 0 heterocycles. The summed E-state index contributed by atoms with van der Waals surface area (Å²) in [6.45, 7) is 4.58. The van der Waals surface area contributed by atoms with Crippen molar-refractivity contribution in [3.63, 3.8) is 0 Å². The summed E-state index contributed by atoms with van der Waals surface area (Å²) in [7, 11) is 4.20. The van der Waals surface area contributed by atoms with Gasteiger partial charge in [-0.25, -0.2) is 0 Å². The maximum absolute atomic E-state index is 11.6. The smallest absolute Gasteiger partial charge is 0.308 e. The van der Waals surface area contributed by atoms with Gasteiger partial charge in [0, 0.05) is 6.04 Å². The van der Waals surface area contributed by atoms with Crippen LogP contribution in [-0.4, -0.2) is 50.7 Å². The molecule has 0 radical (unpaired) electrons. The van der Waals surface area contributed by atoms with Crippen LogP contribution in [0.1, 0.15) is 39.0 Å². The SMILES string of the molecule is CCOC(=O)C1CCC(NCCCN(C)C)CC1. The lowest BCUT2D eigenvalue weighted by molar-refractivity contribution is -0.149. The topological polar surface area (TPSA) is 41.6 Å². The van der Waals surface area contributed by atoms with Crippen LogP contribution in [0.2, 0.25) is 0 Å². The van der Waals surface area contributed by atoms with E-state index in [2.05, 4.69) is 24.3 Å². The third-order valence-corrected chi connectivity index (χ3v) is 3.56. The van der Waals surface area contributed by atoms with Gasteiger partial charge in [0.2, 0.25) is 0 Å². The number of nitrogens with one attached hydrogen (secondary N) is 1. The highest BCUT2D eigenvalue weighted by molar-refractivity contribution is 5.72. The Morgan fingerprint density at radius 2 is 1.94 bits per heavy atom. The summed E-state index contributed by atoms with van der Waals surface area (Å²) < 4.78 is 5.08. The van der Waals surface area contributed by atoms with Crippen LogP contribution in [0.25, 0.3) is 0 Å². The average Bonchev–Trinajstić information content (AvgIpc) is 2.35. The second-order valence-corrected chi connectivity index (χ2v) is 5.41. The second-order valence-electron chi connectivity index (χ2n) is 5.41. The van der Waals surface area contributed by atoms with Crippen molar-refractivity contribution < 1.29 is 9.53 Å². The Kier molecular flexibility index (Phi) is 7.28. The monoisotopic (exact) mass is 256 g/mol.